The number of aryl methyl sites for hydroxylation is 2. The molecule has 0 aliphatic heterocycles. The summed E-state index contributed by atoms with van der Waals surface area (Å²) >= 11 is 0. The number of hydrogen-bond acceptors (Lipinski definition) is 1. The molecule has 0 radical (unpaired) electrons. The van der Waals surface area contributed by atoms with Gasteiger partial charge in [0.25, 0.3) is 0 Å². The first-order valence-corrected chi connectivity index (χ1v) is 7.17. The van der Waals surface area contributed by atoms with Crippen LogP contribution in [-0.4, -0.2) is 10.7 Å². The lowest BCUT2D eigenvalue weighted by Crippen LogP contribution is -2.40. The minimum absolute atomic E-state index is 0.492. The molecule has 0 heterocycles. The Morgan fingerprint density at radius 2 is 1.61 bits per heavy atom. The maximum absolute atomic E-state index is 10.9. The minimum Gasteiger partial charge on any atom is -0.390 e. The normalized spacial score (nSPS) is 32.5. The van der Waals surface area contributed by atoms with Gasteiger partial charge >= 0.3 is 0 Å². The SMILES string of the molecule is Cc1cccc(C)c1CC1(O)CC(C)CC(C)C1. The highest BCUT2D eigenvalue weighted by Gasteiger charge is 2.36. The van der Waals surface area contributed by atoms with Crippen molar-refractivity contribution in [2.75, 3.05) is 0 Å². The Labute approximate surface area is 111 Å². The Morgan fingerprint density at radius 1 is 1.11 bits per heavy atom. The summed E-state index contributed by atoms with van der Waals surface area (Å²) < 4.78 is 0. The molecule has 1 nitrogen and oxygen atoms in total. The second kappa shape index (κ2) is 5.05. The van der Waals surface area contributed by atoms with Crippen molar-refractivity contribution >= 4 is 0 Å². The van der Waals surface area contributed by atoms with Crippen LogP contribution in [0.15, 0.2) is 18.2 Å². The summed E-state index contributed by atoms with van der Waals surface area (Å²) in [4.78, 5) is 0. The van der Waals surface area contributed by atoms with Crippen molar-refractivity contribution in [3.63, 3.8) is 0 Å². The third-order valence-electron chi connectivity index (χ3n) is 4.41. The molecule has 1 saturated carbocycles. The van der Waals surface area contributed by atoms with Crippen molar-refractivity contribution in [3.05, 3.63) is 34.9 Å². The van der Waals surface area contributed by atoms with E-state index in [9.17, 15) is 5.11 Å². The minimum atomic E-state index is -0.492. The van der Waals surface area contributed by atoms with E-state index in [2.05, 4.69) is 45.9 Å². The molecule has 2 rings (SSSR count). The summed E-state index contributed by atoms with van der Waals surface area (Å²) in [5.41, 5.74) is 3.48. The largest absolute Gasteiger partial charge is 0.390 e. The van der Waals surface area contributed by atoms with E-state index in [1.165, 1.54) is 23.1 Å². The molecule has 0 spiro atoms. The average Bonchev–Trinajstić information content (AvgIpc) is 2.21. The maximum atomic E-state index is 10.9. The predicted molar refractivity (Wildman–Crippen MR) is 76.7 cm³/mol. The second-order valence-corrected chi connectivity index (χ2v) is 6.63. The first kappa shape index (κ1) is 13.6. The van der Waals surface area contributed by atoms with Gasteiger partial charge in [-0.05, 0) is 61.6 Å². The van der Waals surface area contributed by atoms with E-state index in [0.717, 1.165) is 19.3 Å². The van der Waals surface area contributed by atoms with Gasteiger partial charge in [0, 0.05) is 6.42 Å². The molecule has 1 heteroatoms. The number of rotatable bonds is 2. The summed E-state index contributed by atoms with van der Waals surface area (Å²) in [5, 5.41) is 10.9. The van der Waals surface area contributed by atoms with E-state index in [4.69, 9.17) is 0 Å². The van der Waals surface area contributed by atoms with Crippen molar-refractivity contribution in [2.45, 2.75) is 59.0 Å². The van der Waals surface area contributed by atoms with Crippen molar-refractivity contribution < 1.29 is 5.11 Å². The highest BCUT2D eigenvalue weighted by molar-refractivity contribution is 5.34. The Kier molecular flexibility index (Phi) is 3.82. The predicted octanol–water partition coefficient (Wildman–Crippen LogP) is 4.03. The van der Waals surface area contributed by atoms with Gasteiger partial charge in [-0.1, -0.05) is 32.0 Å². The van der Waals surface area contributed by atoms with Crippen molar-refractivity contribution in [1.29, 1.82) is 0 Å². The van der Waals surface area contributed by atoms with Gasteiger partial charge < -0.3 is 5.11 Å². The van der Waals surface area contributed by atoms with E-state index in [1.54, 1.807) is 0 Å². The molecule has 1 aliphatic carbocycles. The smallest absolute Gasteiger partial charge is 0.0693 e. The first-order chi connectivity index (χ1) is 8.39. The zero-order chi connectivity index (χ0) is 13.3. The van der Waals surface area contributed by atoms with Crippen molar-refractivity contribution in [3.8, 4) is 0 Å². The van der Waals surface area contributed by atoms with E-state index in [1.807, 2.05) is 0 Å². The van der Waals surface area contributed by atoms with Gasteiger partial charge in [0.05, 0.1) is 5.60 Å². The fourth-order valence-corrected chi connectivity index (χ4v) is 3.84. The van der Waals surface area contributed by atoms with Crippen LogP contribution in [0.1, 0.15) is 49.8 Å². The first-order valence-electron chi connectivity index (χ1n) is 7.17. The quantitative estimate of drug-likeness (QED) is 0.835. The standard InChI is InChI=1S/C17H26O/c1-12-8-13(2)10-17(18,9-12)11-16-14(3)6-5-7-15(16)4/h5-7,12-13,18H,8-11H2,1-4H3. The van der Waals surface area contributed by atoms with E-state index < -0.39 is 5.60 Å². The Bertz CT molecular complexity index is 391. The van der Waals surface area contributed by atoms with Gasteiger partial charge in [0.15, 0.2) is 0 Å². The van der Waals surface area contributed by atoms with Gasteiger partial charge in [-0.25, -0.2) is 0 Å². The molecule has 1 N–H and O–H groups in total. The second-order valence-electron chi connectivity index (χ2n) is 6.63. The van der Waals surface area contributed by atoms with E-state index >= 15 is 0 Å². The third-order valence-corrected chi connectivity index (χ3v) is 4.41. The zero-order valence-electron chi connectivity index (χ0n) is 12.2. The molecule has 2 unspecified atom stereocenters. The van der Waals surface area contributed by atoms with E-state index in [0.29, 0.717) is 11.8 Å². The third kappa shape index (κ3) is 2.95. The molecule has 100 valence electrons. The number of aliphatic hydroxyl groups is 1. The van der Waals surface area contributed by atoms with Gasteiger partial charge in [-0.3, -0.25) is 0 Å². The summed E-state index contributed by atoms with van der Waals surface area (Å²) in [7, 11) is 0. The maximum Gasteiger partial charge on any atom is 0.0693 e. The van der Waals surface area contributed by atoms with Crippen LogP contribution in [0.3, 0.4) is 0 Å². The number of benzene rings is 1. The summed E-state index contributed by atoms with van der Waals surface area (Å²) in [6, 6.07) is 6.41. The lowest BCUT2D eigenvalue weighted by atomic mass is 9.71. The molecule has 1 aliphatic rings. The lowest BCUT2D eigenvalue weighted by Gasteiger charge is -2.39. The molecule has 18 heavy (non-hydrogen) atoms. The van der Waals surface area contributed by atoms with Crippen molar-refractivity contribution in [2.24, 2.45) is 11.8 Å². The van der Waals surface area contributed by atoms with Gasteiger partial charge in [-0.2, -0.15) is 0 Å². The average molecular weight is 246 g/mol. The highest BCUT2D eigenvalue weighted by Crippen LogP contribution is 2.38. The van der Waals surface area contributed by atoms with Gasteiger partial charge in [-0.15, -0.1) is 0 Å². The summed E-state index contributed by atoms with van der Waals surface area (Å²) in [5.74, 6) is 1.28. The Morgan fingerprint density at radius 3 is 2.11 bits per heavy atom. The van der Waals surface area contributed by atoms with Gasteiger partial charge in [0.1, 0.15) is 0 Å². The van der Waals surface area contributed by atoms with Crippen LogP contribution in [0.25, 0.3) is 0 Å². The fraction of sp³-hybridized carbons (Fsp3) is 0.647. The number of hydrogen-bond donors (Lipinski definition) is 1. The van der Waals surface area contributed by atoms with Gasteiger partial charge in [0.2, 0.25) is 0 Å². The zero-order valence-corrected chi connectivity index (χ0v) is 12.2. The lowest BCUT2D eigenvalue weighted by molar-refractivity contribution is -0.0306. The van der Waals surface area contributed by atoms with Crippen LogP contribution < -0.4 is 0 Å². The molecule has 1 aromatic carbocycles. The van der Waals surface area contributed by atoms with Crippen LogP contribution >= 0.6 is 0 Å². The molecule has 1 fully saturated rings. The molecule has 0 saturated heterocycles. The molecule has 1 aromatic rings. The highest BCUT2D eigenvalue weighted by atomic mass is 16.3. The monoisotopic (exact) mass is 246 g/mol. The van der Waals surface area contributed by atoms with E-state index in [-0.39, 0.29) is 0 Å². The van der Waals surface area contributed by atoms with Crippen LogP contribution in [0.4, 0.5) is 0 Å². The van der Waals surface area contributed by atoms with Crippen LogP contribution in [-0.2, 0) is 6.42 Å². The molecule has 2 atom stereocenters. The molecule has 0 amide bonds. The van der Waals surface area contributed by atoms with Crippen LogP contribution in [0.2, 0.25) is 0 Å². The summed E-state index contributed by atoms with van der Waals surface area (Å²) in [6.07, 6.45) is 3.98. The van der Waals surface area contributed by atoms with Crippen LogP contribution in [0.5, 0.6) is 0 Å². The fourth-order valence-electron chi connectivity index (χ4n) is 3.84. The topological polar surface area (TPSA) is 20.2 Å². The molecule has 0 bridgehead atoms. The van der Waals surface area contributed by atoms with Crippen LogP contribution in [0, 0.1) is 25.7 Å². The Balaban J connectivity index is 2.22. The molecular weight excluding hydrogens is 220 g/mol. The Hall–Kier alpha value is -0.820. The molecule has 0 aromatic heterocycles. The van der Waals surface area contributed by atoms with Crippen molar-refractivity contribution in [1.82, 2.24) is 0 Å². The summed E-state index contributed by atoms with van der Waals surface area (Å²) in [6.45, 7) is 8.85. The molecular formula is C17H26O.